The van der Waals surface area contributed by atoms with Crippen molar-refractivity contribution in [1.82, 2.24) is 0 Å². The Bertz CT molecular complexity index is 209. The van der Waals surface area contributed by atoms with E-state index in [-0.39, 0.29) is 18.0 Å². The Hall–Kier alpha value is -0.410. The van der Waals surface area contributed by atoms with Crippen LogP contribution in [0.5, 0.6) is 0 Å². The molecule has 1 aliphatic heterocycles. The fraction of sp³-hybridized carbons (Fsp3) is 0.909. The smallest absolute Gasteiger partial charge is 0.169 e. The van der Waals surface area contributed by atoms with Crippen molar-refractivity contribution in [3.8, 4) is 0 Å². The Morgan fingerprint density at radius 2 is 2.00 bits per heavy atom. The zero-order valence-corrected chi connectivity index (χ0v) is 8.70. The van der Waals surface area contributed by atoms with Gasteiger partial charge in [-0.05, 0) is 19.8 Å². The number of aldehydes is 1. The lowest BCUT2D eigenvalue weighted by molar-refractivity contribution is -0.192. The van der Waals surface area contributed by atoms with Gasteiger partial charge in [0.2, 0.25) is 0 Å². The van der Waals surface area contributed by atoms with Crippen LogP contribution >= 0.6 is 0 Å². The summed E-state index contributed by atoms with van der Waals surface area (Å²) >= 11 is 0. The summed E-state index contributed by atoms with van der Waals surface area (Å²) in [6, 6.07) is 0. The third kappa shape index (κ3) is 1.84. The van der Waals surface area contributed by atoms with E-state index < -0.39 is 0 Å². The summed E-state index contributed by atoms with van der Waals surface area (Å²) in [4.78, 5) is 10.4. The highest BCUT2D eigenvalue weighted by Gasteiger charge is 2.45. The second-order valence-electron chi connectivity index (χ2n) is 4.35. The first kappa shape index (κ1) is 10.1. The van der Waals surface area contributed by atoms with Crippen molar-refractivity contribution >= 4 is 6.29 Å². The van der Waals surface area contributed by atoms with Gasteiger partial charge in [-0.1, -0.05) is 6.42 Å². The van der Waals surface area contributed by atoms with Crippen molar-refractivity contribution in [2.24, 2.45) is 0 Å². The van der Waals surface area contributed by atoms with Gasteiger partial charge >= 0.3 is 0 Å². The molecule has 1 saturated heterocycles. The van der Waals surface area contributed by atoms with Crippen LogP contribution in [0.15, 0.2) is 0 Å². The predicted molar refractivity (Wildman–Crippen MR) is 51.9 cm³/mol. The molecule has 2 rings (SSSR count). The number of hydrogen-bond acceptors (Lipinski definition) is 3. The first-order valence-corrected chi connectivity index (χ1v) is 5.55. The Morgan fingerprint density at radius 1 is 1.29 bits per heavy atom. The molecular weight excluding hydrogens is 180 g/mol. The highest BCUT2D eigenvalue weighted by molar-refractivity contribution is 5.50. The molecule has 1 spiro atoms. The SMILES string of the molecule is CC1OC2(CCCCC2)OC1CC=O. The summed E-state index contributed by atoms with van der Waals surface area (Å²) in [5.41, 5.74) is 0. The number of carbonyl (C=O) groups excluding carboxylic acids is 1. The molecule has 0 N–H and O–H groups in total. The highest BCUT2D eigenvalue weighted by atomic mass is 16.8. The molecule has 3 nitrogen and oxygen atoms in total. The number of hydrogen-bond donors (Lipinski definition) is 0. The normalized spacial score (nSPS) is 36.1. The maximum absolute atomic E-state index is 10.4. The largest absolute Gasteiger partial charge is 0.344 e. The van der Waals surface area contributed by atoms with E-state index >= 15 is 0 Å². The van der Waals surface area contributed by atoms with Crippen LogP contribution in [-0.4, -0.2) is 24.3 Å². The summed E-state index contributed by atoms with van der Waals surface area (Å²) in [6.45, 7) is 2.00. The van der Waals surface area contributed by atoms with Crippen LogP contribution in [0.2, 0.25) is 0 Å². The molecule has 0 amide bonds. The molecule has 1 saturated carbocycles. The summed E-state index contributed by atoms with van der Waals surface area (Å²) in [6.07, 6.45) is 7.06. The molecule has 0 radical (unpaired) electrons. The van der Waals surface area contributed by atoms with Crippen LogP contribution in [0.1, 0.15) is 45.4 Å². The number of rotatable bonds is 2. The van der Waals surface area contributed by atoms with Crippen LogP contribution in [0.3, 0.4) is 0 Å². The molecule has 0 bridgehead atoms. The zero-order valence-electron chi connectivity index (χ0n) is 8.70. The van der Waals surface area contributed by atoms with Crippen molar-refractivity contribution in [3.05, 3.63) is 0 Å². The Kier molecular flexibility index (Phi) is 2.88. The van der Waals surface area contributed by atoms with Crippen molar-refractivity contribution in [2.75, 3.05) is 0 Å². The molecule has 0 aromatic heterocycles. The second-order valence-corrected chi connectivity index (χ2v) is 4.35. The van der Waals surface area contributed by atoms with E-state index in [9.17, 15) is 4.79 Å². The third-order valence-electron chi connectivity index (χ3n) is 3.23. The molecule has 2 unspecified atom stereocenters. The van der Waals surface area contributed by atoms with Gasteiger partial charge in [0.05, 0.1) is 12.2 Å². The predicted octanol–water partition coefficient (Wildman–Crippen LogP) is 2.04. The van der Waals surface area contributed by atoms with E-state index in [2.05, 4.69) is 0 Å². The fourth-order valence-corrected chi connectivity index (χ4v) is 2.47. The van der Waals surface area contributed by atoms with Crippen LogP contribution in [-0.2, 0) is 14.3 Å². The average molecular weight is 198 g/mol. The van der Waals surface area contributed by atoms with E-state index in [0.29, 0.717) is 6.42 Å². The first-order chi connectivity index (χ1) is 6.76. The summed E-state index contributed by atoms with van der Waals surface area (Å²) in [5, 5.41) is 0. The van der Waals surface area contributed by atoms with Crippen LogP contribution in [0, 0.1) is 0 Å². The van der Waals surface area contributed by atoms with Crippen LogP contribution in [0.4, 0.5) is 0 Å². The van der Waals surface area contributed by atoms with Crippen molar-refractivity contribution in [3.63, 3.8) is 0 Å². The number of ether oxygens (including phenoxy) is 2. The minimum atomic E-state index is -0.342. The molecule has 1 aliphatic carbocycles. The lowest BCUT2D eigenvalue weighted by Crippen LogP contribution is -2.33. The maximum Gasteiger partial charge on any atom is 0.169 e. The monoisotopic (exact) mass is 198 g/mol. The maximum atomic E-state index is 10.4. The highest BCUT2D eigenvalue weighted by Crippen LogP contribution is 2.40. The van der Waals surface area contributed by atoms with Gasteiger partial charge in [-0.2, -0.15) is 0 Å². The van der Waals surface area contributed by atoms with Gasteiger partial charge in [-0.3, -0.25) is 0 Å². The lowest BCUT2D eigenvalue weighted by Gasteiger charge is -2.31. The van der Waals surface area contributed by atoms with Gasteiger partial charge in [-0.25, -0.2) is 0 Å². The summed E-state index contributed by atoms with van der Waals surface area (Å²) < 4.78 is 11.8. The van der Waals surface area contributed by atoms with Gasteiger partial charge in [0, 0.05) is 19.3 Å². The van der Waals surface area contributed by atoms with E-state index in [4.69, 9.17) is 9.47 Å². The topological polar surface area (TPSA) is 35.5 Å². The fourth-order valence-electron chi connectivity index (χ4n) is 2.47. The van der Waals surface area contributed by atoms with Crippen LogP contribution < -0.4 is 0 Å². The van der Waals surface area contributed by atoms with Crippen molar-refractivity contribution < 1.29 is 14.3 Å². The Morgan fingerprint density at radius 3 is 2.64 bits per heavy atom. The minimum absolute atomic E-state index is 0.0226. The molecule has 1 heterocycles. The summed E-state index contributed by atoms with van der Waals surface area (Å²) in [5.74, 6) is -0.342. The van der Waals surface area contributed by atoms with Crippen molar-refractivity contribution in [1.29, 1.82) is 0 Å². The van der Waals surface area contributed by atoms with E-state index in [1.165, 1.54) is 19.3 Å². The van der Waals surface area contributed by atoms with Gasteiger partial charge in [0.25, 0.3) is 0 Å². The van der Waals surface area contributed by atoms with Gasteiger partial charge in [0.1, 0.15) is 6.29 Å². The van der Waals surface area contributed by atoms with Crippen LogP contribution in [0.25, 0.3) is 0 Å². The summed E-state index contributed by atoms with van der Waals surface area (Å²) in [7, 11) is 0. The molecule has 80 valence electrons. The minimum Gasteiger partial charge on any atom is -0.344 e. The molecule has 0 aromatic carbocycles. The Balaban J connectivity index is 1.99. The van der Waals surface area contributed by atoms with Crippen molar-refractivity contribution in [2.45, 2.75) is 63.4 Å². The Labute approximate surface area is 84.8 Å². The van der Waals surface area contributed by atoms with E-state index in [1.807, 2.05) is 6.92 Å². The number of carbonyl (C=O) groups is 1. The van der Waals surface area contributed by atoms with E-state index in [0.717, 1.165) is 19.1 Å². The molecule has 3 heteroatoms. The quantitative estimate of drug-likeness (QED) is 0.637. The standard InChI is InChI=1S/C11H18O3/c1-9-10(5-8-12)14-11(13-9)6-3-2-4-7-11/h8-10H,2-7H2,1H3. The lowest BCUT2D eigenvalue weighted by atomic mass is 9.94. The molecule has 2 fully saturated rings. The first-order valence-electron chi connectivity index (χ1n) is 5.55. The zero-order chi connectivity index (χ0) is 10.0. The average Bonchev–Trinajstić information content (AvgIpc) is 2.45. The molecular formula is C11H18O3. The molecule has 0 aromatic rings. The van der Waals surface area contributed by atoms with E-state index in [1.54, 1.807) is 0 Å². The van der Waals surface area contributed by atoms with Gasteiger partial charge in [0.15, 0.2) is 5.79 Å². The third-order valence-corrected chi connectivity index (χ3v) is 3.23. The molecule has 2 aliphatic rings. The van der Waals surface area contributed by atoms with Gasteiger partial charge in [-0.15, -0.1) is 0 Å². The van der Waals surface area contributed by atoms with Gasteiger partial charge < -0.3 is 14.3 Å². The second kappa shape index (κ2) is 3.99. The molecule has 14 heavy (non-hydrogen) atoms. The molecule has 2 atom stereocenters.